The maximum absolute atomic E-state index is 5.85. The smallest absolute Gasteiger partial charge is 0.141 e. The monoisotopic (exact) mass is 271 g/mol. The average Bonchev–Trinajstić information content (AvgIpc) is 2.23. The number of nitrogens with two attached hydrogens (primary N) is 1. The molecular weight excluding hydrogens is 254 g/mol. The number of anilines is 1. The molecule has 0 spiro atoms. The maximum atomic E-state index is 5.85. The minimum Gasteiger partial charge on any atom is -0.383 e. The van der Waals surface area contributed by atoms with Gasteiger partial charge >= 0.3 is 0 Å². The molecule has 0 fully saturated rings. The van der Waals surface area contributed by atoms with Crippen LogP contribution in [0, 0.1) is 0 Å². The molecule has 0 aliphatic carbocycles. The quantitative estimate of drug-likeness (QED) is 0.915. The molecule has 0 saturated heterocycles. The van der Waals surface area contributed by atoms with Crippen molar-refractivity contribution >= 4 is 21.7 Å². The zero-order chi connectivity index (χ0) is 11.4. The number of hydrogen-bond donors (Lipinski definition) is 1. The van der Waals surface area contributed by atoms with Crippen LogP contribution in [0.25, 0.3) is 0 Å². The fraction of sp³-hybridized carbons (Fsp3) is 0.636. The van der Waals surface area contributed by atoms with Crippen LogP contribution in [0.4, 0.5) is 5.82 Å². The van der Waals surface area contributed by atoms with E-state index in [4.69, 9.17) is 5.73 Å². The van der Waals surface area contributed by atoms with Crippen LogP contribution in [0.1, 0.15) is 51.0 Å². The van der Waals surface area contributed by atoms with Crippen molar-refractivity contribution in [2.24, 2.45) is 0 Å². The lowest BCUT2D eigenvalue weighted by molar-refractivity contribution is 0.668. The van der Waals surface area contributed by atoms with Gasteiger partial charge in [-0.3, -0.25) is 0 Å². The van der Waals surface area contributed by atoms with Gasteiger partial charge in [0.2, 0.25) is 0 Å². The highest BCUT2D eigenvalue weighted by Crippen LogP contribution is 2.25. The van der Waals surface area contributed by atoms with Crippen LogP contribution in [0.5, 0.6) is 0 Å². The van der Waals surface area contributed by atoms with Gasteiger partial charge in [0.1, 0.15) is 11.6 Å². The SMILES string of the molecule is CCCc1nc(C(C)CC)nc(N)c1Br. The second-order valence-corrected chi connectivity index (χ2v) is 4.58. The first kappa shape index (κ1) is 12.4. The summed E-state index contributed by atoms with van der Waals surface area (Å²) in [7, 11) is 0. The molecule has 3 nitrogen and oxygen atoms in total. The number of nitrogens with zero attached hydrogens (tertiary/aromatic N) is 2. The van der Waals surface area contributed by atoms with E-state index in [9.17, 15) is 0 Å². The number of aromatic nitrogens is 2. The first-order valence-corrected chi connectivity index (χ1v) is 6.21. The van der Waals surface area contributed by atoms with Gasteiger partial charge in [0.15, 0.2) is 0 Å². The standard InChI is InChI=1S/C11H18BrN3/c1-4-6-8-9(12)10(13)15-11(14-8)7(3)5-2/h7H,4-6H2,1-3H3,(H2,13,14,15). The third-order valence-electron chi connectivity index (χ3n) is 2.50. The second kappa shape index (κ2) is 5.45. The van der Waals surface area contributed by atoms with Crippen molar-refractivity contribution in [3.05, 3.63) is 16.0 Å². The van der Waals surface area contributed by atoms with Crippen molar-refractivity contribution < 1.29 is 0 Å². The van der Waals surface area contributed by atoms with E-state index in [1.54, 1.807) is 0 Å². The summed E-state index contributed by atoms with van der Waals surface area (Å²) >= 11 is 3.44. The molecule has 0 amide bonds. The highest BCUT2D eigenvalue weighted by molar-refractivity contribution is 9.10. The zero-order valence-electron chi connectivity index (χ0n) is 9.55. The molecule has 0 saturated carbocycles. The second-order valence-electron chi connectivity index (χ2n) is 3.79. The number of nitrogen functional groups attached to an aromatic ring is 1. The first-order chi connectivity index (χ1) is 7.10. The molecular formula is C11H18BrN3. The molecule has 1 unspecified atom stereocenters. The molecule has 1 rings (SSSR count). The Morgan fingerprint density at radius 1 is 1.33 bits per heavy atom. The Hall–Kier alpha value is -0.640. The highest BCUT2D eigenvalue weighted by Gasteiger charge is 2.12. The van der Waals surface area contributed by atoms with Crippen molar-refractivity contribution in [2.75, 3.05) is 5.73 Å². The summed E-state index contributed by atoms with van der Waals surface area (Å²) in [6, 6.07) is 0. The Morgan fingerprint density at radius 3 is 2.53 bits per heavy atom. The van der Waals surface area contributed by atoms with Crippen molar-refractivity contribution in [2.45, 2.75) is 46.0 Å². The van der Waals surface area contributed by atoms with Crippen LogP contribution in [0.15, 0.2) is 4.47 Å². The molecule has 0 aromatic carbocycles. The summed E-state index contributed by atoms with van der Waals surface area (Å²) in [4.78, 5) is 8.86. The molecule has 2 N–H and O–H groups in total. The van der Waals surface area contributed by atoms with Gasteiger partial charge in [0, 0.05) is 5.92 Å². The summed E-state index contributed by atoms with van der Waals surface area (Å²) in [6.07, 6.45) is 3.04. The number of rotatable bonds is 4. The summed E-state index contributed by atoms with van der Waals surface area (Å²) in [5, 5.41) is 0. The minimum atomic E-state index is 0.371. The lowest BCUT2D eigenvalue weighted by Gasteiger charge is -2.11. The molecule has 1 heterocycles. The first-order valence-electron chi connectivity index (χ1n) is 5.41. The van der Waals surface area contributed by atoms with Crippen LogP contribution in [-0.2, 0) is 6.42 Å². The van der Waals surface area contributed by atoms with E-state index in [2.05, 4.69) is 46.7 Å². The van der Waals surface area contributed by atoms with Gasteiger partial charge in [0.25, 0.3) is 0 Å². The summed E-state index contributed by atoms with van der Waals surface area (Å²) in [6.45, 7) is 6.39. The Kier molecular flexibility index (Phi) is 4.51. The molecule has 0 radical (unpaired) electrons. The Bertz CT molecular complexity index is 339. The normalized spacial score (nSPS) is 12.8. The van der Waals surface area contributed by atoms with Gasteiger partial charge < -0.3 is 5.73 Å². The lowest BCUT2D eigenvalue weighted by Crippen LogP contribution is -2.07. The number of aryl methyl sites for hydroxylation is 1. The summed E-state index contributed by atoms with van der Waals surface area (Å²) < 4.78 is 0.858. The van der Waals surface area contributed by atoms with Crippen molar-refractivity contribution in [1.82, 2.24) is 9.97 Å². The summed E-state index contributed by atoms with van der Waals surface area (Å²) in [5.41, 5.74) is 6.87. The van der Waals surface area contributed by atoms with E-state index in [0.717, 1.165) is 35.3 Å². The van der Waals surface area contributed by atoms with Gasteiger partial charge in [-0.25, -0.2) is 9.97 Å². The van der Waals surface area contributed by atoms with Crippen molar-refractivity contribution in [1.29, 1.82) is 0 Å². The number of hydrogen-bond acceptors (Lipinski definition) is 3. The molecule has 4 heteroatoms. The van der Waals surface area contributed by atoms with Crippen LogP contribution in [0.3, 0.4) is 0 Å². The van der Waals surface area contributed by atoms with Crippen molar-refractivity contribution in [3.63, 3.8) is 0 Å². The van der Waals surface area contributed by atoms with Gasteiger partial charge in [-0.15, -0.1) is 0 Å². The molecule has 1 atom stereocenters. The lowest BCUT2D eigenvalue weighted by atomic mass is 10.1. The average molecular weight is 272 g/mol. The van der Waals surface area contributed by atoms with Gasteiger partial charge in [-0.1, -0.05) is 27.2 Å². The van der Waals surface area contributed by atoms with E-state index in [-0.39, 0.29) is 0 Å². The fourth-order valence-corrected chi connectivity index (χ4v) is 1.71. The number of halogens is 1. The highest BCUT2D eigenvalue weighted by atomic mass is 79.9. The van der Waals surface area contributed by atoms with Crippen LogP contribution in [-0.4, -0.2) is 9.97 Å². The fourth-order valence-electron chi connectivity index (χ4n) is 1.34. The topological polar surface area (TPSA) is 51.8 Å². The third-order valence-corrected chi connectivity index (χ3v) is 3.37. The van der Waals surface area contributed by atoms with Gasteiger partial charge in [0.05, 0.1) is 10.2 Å². The van der Waals surface area contributed by atoms with Crippen LogP contribution >= 0.6 is 15.9 Å². The van der Waals surface area contributed by atoms with E-state index >= 15 is 0 Å². The van der Waals surface area contributed by atoms with E-state index in [1.165, 1.54) is 0 Å². The molecule has 84 valence electrons. The predicted molar refractivity (Wildman–Crippen MR) is 66.8 cm³/mol. The minimum absolute atomic E-state index is 0.371. The summed E-state index contributed by atoms with van der Waals surface area (Å²) in [5.74, 6) is 1.79. The third kappa shape index (κ3) is 2.91. The van der Waals surface area contributed by atoms with Crippen LogP contribution < -0.4 is 5.73 Å². The Balaban J connectivity index is 3.11. The molecule has 0 aliphatic heterocycles. The zero-order valence-corrected chi connectivity index (χ0v) is 11.1. The van der Waals surface area contributed by atoms with E-state index in [1.807, 2.05) is 0 Å². The molecule has 1 aromatic rings. The Morgan fingerprint density at radius 2 is 2.00 bits per heavy atom. The molecule has 15 heavy (non-hydrogen) atoms. The van der Waals surface area contributed by atoms with E-state index in [0.29, 0.717) is 11.7 Å². The van der Waals surface area contributed by atoms with Gasteiger partial charge in [-0.05, 0) is 28.8 Å². The van der Waals surface area contributed by atoms with Crippen molar-refractivity contribution in [3.8, 4) is 0 Å². The van der Waals surface area contributed by atoms with Gasteiger partial charge in [-0.2, -0.15) is 0 Å². The maximum Gasteiger partial charge on any atom is 0.141 e. The molecule has 0 bridgehead atoms. The molecule has 0 aliphatic rings. The molecule has 1 aromatic heterocycles. The van der Waals surface area contributed by atoms with Crippen LogP contribution in [0.2, 0.25) is 0 Å². The largest absolute Gasteiger partial charge is 0.383 e. The Labute approximate surface area is 99.6 Å². The van der Waals surface area contributed by atoms with E-state index < -0.39 is 0 Å². The predicted octanol–water partition coefficient (Wildman–Crippen LogP) is 3.29.